The summed E-state index contributed by atoms with van der Waals surface area (Å²) in [7, 11) is 0. The second-order valence-electron chi connectivity index (χ2n) is 5.95. The van der Waals surface area contributed by atoms with Crippen molar-refractivity contribution in [1.82, 2.24) is 15.5 Å². The van der Waals surface area contributed by atoms with Crippen molar-refractivity contribution in [3.05, 3.63) is 41.0 Å². The van der Waals surface area contributed by atoms with Gasteiger partial charge in [-0.05, 0) is 37.8 Å². The van der Waals surface area contributed by atoms with E-state index < -0.39 is 5.54 Å². The predicted octanol–water partition coefficient (Wildman–Crippen LogP) is 2.62. The number of aromatic amines is 1. The number of benzene rings is 1. The van der Waals surface area contributed by atoms with Crippen LogP contribution in [0.1, 0.15) is 30.3 Å². The molecule has 2 aromatic rings. The van der Waals surface area contributed by atoms with Crippen LogP contribution in [0.25, 0.3) is 11.3 Å². The SMILES string of the molecule is CC(CO)(NC(=O)c1cc(-c2ccccc2Cl)n[nH]1)C1CC1. The minimum Gasteiger partial charge on any atom is -0.394 e. The molecule has 0 radical (unpaired) electrons. The largest absolute Gasteiger partial charge is 0.394 e. The highest BCUT2D eigenvalue weighted by atomic mass is 35.5. The Balaban J connectivity index is 1.79. The first-order chi connectivity index (χ1) is 10.5. The van der Waals surface area contributed by atoms with Crippen molar-refractivity contribution in [2.24, 2.45) is 5.92 Å². The summed E-state index contributed by atoms with van der Waals surface area (Å²) in [5.41, 5.74) is 1.17. The fourth-order valence-corrected chi connectivity index (χ4v) is 2.80. The lowest BCUT2D eigenvalue weighted by Crippen LogP contribution is -2.50. The molecule has 6 heteroatoms. The molecule has 1 aromatic carbocycles. The van der Waals surface area contributed by atoms with Gasteiger partial charge in [0.25, 0.3) is 5.91 Å². The quantitative estimate of drug-likeness (QED) is 0.792. The minimum absolute atomic E-state index is 0.0745. The van der Waals surface area contributed by atoms with Gasteiger partial charge < -0.3 is 10.4 Å². The molecule has 3 N–H and O–H groups in total. The zero-order valence-electron chi connectivity index (χ0n) is 12.3. The summed E-state index contributed by atoms with van der Waals surface area (Å²) in [4.78, 5) is 12.4. The van der Waals surface area contributed by atoms with Crippen LogP contribution in [0.15, 0.2) is 30.3 Å². The number of carbonyl (C=O) groups is 1. The van der Waals surface area contributed by atoms with Crippen LogP contribution in [-0.2, 0) is 0 Å². The van der Waals surface area contributed by atoms with E-state index in [1.165, 1.54) is 0 Å². The molecular formula is C16H18ClN3O2. The van der Waals surface area contributed by atoms with Crippen molar-refractivity contribution in [2.75, 3.05) is 6.61 Å². The zero-order chi connectivity index (χ0) is 15.7. The highest BCUT2D eigenvalue weighted by Crippen LogP contribution is 2.39. The zero-order valence-corrected chi connectivity index (χ0v) is 13.0. The Kier molecular flexibility index (Phi) is 3.93. The first kappa shape index (κ1) is 15.1. The summed E-state index contributed by atoms with van der Waals surface area (Å²) in [6.07, 6.45) is 2.07. The molecule has 1 atom stereocenters. The average molecular weight is 320 g/mol. The second-order valence-corrected chi connectivity index (χ2v) is 6.36. The number of amides is 1. The van der Waals surface area contributed by atoms with Gasteiger partial charge in [0.1, 0.15) is 5.69 Å². The van der Waals surface area contributed by atoms with Gasteiger partial charge >= 0.3 is 0 Å². The Morgan fingerprint density at radius 1 is 1.50 bits per heavy atom. The first-order valence-corrected chi connectivity index (χ1v) is 7.65. The fraction of sp³-hybridized carbons (Fsp3) is 0.375. The van der Waals surface area contributed by atoms with Gasteiger partial charge in [-0.2, -0.15) is 5.10 Å². The number of rotatable bonds is 5. The average Bonchev–Trinajstić information content (AvgIpc) is 3.26. The van der Waals surface area contributed by atoms with Crippen LogP contribution in [0.2, 0.25) is 5.02 Å². The van der Waals surface area contributed by atoms with Crippen molar-refractivity contribution in [1.29, 1.82) is 0 Å². The summed E-state index contributed by atoms with van der Waals surface area (Å²) in [6, 6.07) is 9.00. The molecule has 0 saturated heterocycles. The second kappa shape index (κ2) is 5.74. The lowest BCUT2D eigenvalue weighted by molar-refractivity contribution is 0.0819. The topological polar surface area (TPSA) is 78.0 Å². The third kappa shape index (κ3) is 2.87. The standard InChI is InChI=1S/C16H18ClN3O2/c1-16(9-21,10-6-7-10)18-15(22)14-8-13(19-20-14)11-4-2-3-5-12(11)17/h2-5,8,10,21H,6-7,9H2,1H3,(H,18,22)(H,19,20). The molecule has 3 rings (SSSR count). The Hall–Kier alpha value is -1.85. The molecule has 22 heavy (non-hydrogen) atoms. The number of nitrogens with zero attached hydrogens (tertiary/aromatic N) is 1. The van der Waals surface area contributed by atoms with E-state index in [0.29, 0.717) is 22.3 Å². The smallest absolute Gasteiger partial charge is 0.269 e. The Labute approximate surface area is 133 Å². The van der Waals surface area contributed by atoms with Crippen LogP contribution in [0.4, 0.5) is 0 Å². The van der Waals surface area contributed by atoms with E-state index in [2.05, 4.69) is 15.5 Å². The van der Waals surface area contributed by atoms with Crippen LogP contribution >= 0.6 is 11.6 Å². The minimum atomic E-state index is -0.577. The monoisotopic (exact) mass is 319 g/mol. The number of aromatic nitrogens is 2. The number of aliphatic hydroxyl groups is 1. The van der Waals surface area contributed by atoms with Gasteiger partial charge in [0.05, 0.1) is 22.9 Å². The Morgan fingerprint density at radius 3 is 2.86 bits per heavy atom. The van der Waals surface area contributed by atoms with Crippen LogP contribution in [-0.4, -0.2) is 33.4 Å². The van der Waals surface area contributed by atoms with E-state index in [1.54, 1.807) is 12.1 Å². The van der Waals surface area contributed by atoms with E-state index in [1.807, 2.05) is 25.1 Å². The highest BCUT2D eigenvalue weighted by molar-refractivity contribution is 6.33. The molecule has 116 valence electrons. The number of H-pyrrole nitrogens is 1. The van der Waals surface area contributed by atoms with Crippen LogP contribution in [0, 0.1) is 5.92 Å². The normalized spacial score (nSPS) is 17.0. The number of hydrogen-bond donors (Lipinski definition) is 3. The predicted molar refractivity (Wildman–Crippen MR) is 84.7 cm³/mol. The van der Waals surface area contributed by atoms with Crippen molar-refractivity contribution < 1.29 is 9.90 Å². The Morgan fingerprint density at radius 2 is 2.23 bits per heavy atom. The summed E-state index contributed by atoms with van der Waals surface area (Å²) >= 11 is 6.14. The van der Waals surface area contributed by atoms with Gasteiger partial charge in [-0.1, -0.05) is 29.8 Å². The number of aliphatic hydroxyl groups excluding tert-OH is 1. The van der Waals surface area contributed by atoms with Gasteiger partial charge in [0, 0.05) is 5.56 Å². The van der Waals surface area contributed by atoms with E-state index >= 15 is 0 Å². The molecule has 0 bridgehead atoms. The molecule has 1 unspecified atom stereocenters. The summed E-state index contributed by atoms with van der Waals surface area (Å²) in [5, 5.41) is 19.9. The maximum Gasteiger partial charge on any atom is 0.269 e. The van der Waals surface area contributed by atoms with Crippen LogP contribution < -0.4 is 5.32 Å². The maximum absolute atomic E-state index is 12.4. The lowest BCUT2D eigenvalue weighted by atomic mass is 9.97. The van der Waals surface area contributed by atoms with E-state index in [4.69, 9.17) is 11.6 Å². The third-order valence-corrected chi connectivity index (χ3v) is 4.51. The van der Waals surface area contributed by atoms with Crippen molar-refractivity contribution in [3.63, 3.8) is 0 Å². The molecule has 1 heterocycles. The molecule has 0 spiro atoms. The molecule has 1 aliphatic carbocycles. The van der Waals surface area contributed by atoms with Gasteiger partial charge in [-0.3, -0.25) is 9.89 Å². The van der Waals surface area contributed by atoms with Gasteiger partial charge in [-0.15, -0.1) is 0 Å². The highest BCUT2D eigenvalue weighted by Gasteiger charge is 2.42. The summed E-state index contributed by atoms with van der Waals surface area (Å²) < 4.78 is 0. The summed E-state index contributed by atoms with van der Waals surface area (Å²) in [5.74, 6) is 0.0710. The number of nitrogens with one attached hydrogen (secondary N) is 2. The molecule has 1 aliphatic rings. The van der Waals surface area contributed by atoms with Crippen molar-refractivity contribution >= 4 is 17.5 Å². The van der Waals surface area contributed by atoms with Crippen molar-refractivity contribution in [3.8, 4) is 11.3 Å². The van der Waals surface area contributed by atoms with Crippen LogP contribution in [0.3, 0.4) is 0 Å². The van der Waals surface area contributed by atoms with Gasteiger partial charge in [0.15, 0.2) is 0 Å². The molecule has 1 aromatic heterocycles. The van der Waals surface area contributed by atoms with Gasteiger partial charge in [0.2, 0.25) is 0 Å². The number of hydrogen-bond acceptors (Lipinski definition) is 3. The van der Waals surface area contributed by atoms with Crippen LogP contribution in [0.5, 0.6) is 0 Å². The molecule has 1 fully saturated rings. The first-order valence-electron chi connectivity index (χ1n) is 7.27. The lowest BCUT2D eigenvalue weighted by Gasteiger charge is -2.28. The van der Waals surface area contributed by atoms with E-state index in [9.17, 15) is 9.90 Å². The number of carbonyl (C=O) groups excluding carboxylic acids is 1. The maximum atomic E-state index is 12.4. The number of halogens is 1. The van der Waals surface area contributed by atoms with E-state index in [-0.39, 0.29) is 12.5 Å². The fourth-order valence-electron chi connectivity index (χ4n) is 2.56. The van der Waals surface area contributed by atoms with Crippen molar-refractivity contribution in [2.45, 2.75) is 25.3 Å². The Bertz CT molecular complexity index is 696. The van der Waals surface area contributed by atoms with E-state index in [0.717, 1.165) is 18.4 Å². The molecule has 1 amide bonds. The molecule has 0 aliphatic heterocycles. The molecular weight excluding hydrogens is 302 g/mol. The molecule has 1 saturated carbocycles. The third-order valence-electron chi connectivity index (χ3n) is 4.18. The summed E-state index contributed by atoms with van der Waals surface area (Å²) in [6.45, 7) is 1.79. The molecule has 5 nitrogen and oxygen atoms in total. The van der Waals surface area contributed by atoms with Gasteiger partial charge in [-0.25, -0.2) is 0 Å².